The van der Waals surface area contributed by atoms with E-state index in [1.54, 1.807) is 0 Å². The van der Waals surface area contributed by atoms with Crippen molar-refractivity contribution in [1.29, 1.82) is 0 Å². The average Bonchev–Trinajstić information content (AvgIpc) is 3.18. The first-order chi connectivity index (χ1) is 12.8. The number of ether oxygens (including phenoxy) is 2. The molecule has 1 aromatic heterocycles. The van der Waals surface area contributed by atoms with Gasteiger partial charge in [0.2, 0.25) is 0 Å². The van der Waals surface area contributed by atoms with E-state index in [9.17, 15) is 17.2 Å². The molecule has 0 unspecified atom stereocenters. The van der Waals surface area contributed by atoms with E-state index in [1.165, 1.54) is 29.2 Å². The first-order valence-electron chi connectivity index (χ1n) is 7.80. The van der Waals surface area contributed by atoms with E-state index >= 15 is 0 Å². The molecule has 7 nitrogen and oxygen atoms in total. The number of anilines is 1. The molecular formula is C17H13F2N3O4S. The molecule has 4 rings (SSSR count). The van der Waals surface area contributed by atoms with Gasteiger partial charge in [-0.3, -0.25) is 9.40 Å². The van der Waals surface area contributed by atoms with Crippen LogP contribution in [0, 0.1) is 0 Å². The number of sulfonamides is 1. The molecule has 0 saturated carbocycles. The van der Waals surface area contributed by atoms with Gasteiger partial charge in [0.15, 0.2) is 11.5 Å². The summed E-state index contributed by atoms with van der Waals surface area (Å²) >= 11 is 0. The Balaban J connectivity index is 1.51. The second-order valence-corrected chi connectivity index (χ2v) is 7.48. The minimum Gasteiger partial charge on any atom is -0.395 e. The number of nitrogens with zero attached hydrogens (tertiary/aromatic N) is 2. The molecular weight excluding hydrogens is 380 g/mol. The van der Waals surface area contributed by atoms with Crippen LogP contribution in [0.25, 0.3) is 0 Å². The van der Waals surface area contributed by atoms with Gasteiger partial charge in [0.1, 0.15) is 4.90 Å². The van der Waals surface area contributed by atoms with Crippen molar-refractivity contribution in [3.63, 3.8) is 0 Å². The fourth-order valence-electron chi connectivity index (χ4n) is 2.57. The number of halogens is 2. The van der Waals surface area contributed by atoms with Gasteiger partial charge >= 0.3 is 6.29 Å². The van der Waals surface area contributed by atoms with Crippen molar-refractivity contribution in [2.75, 3.05) is 4.72 Å². The van der Waals surface area contributed by atoms with Gasteiger partial charge in [-0.15, -0.1) is 8.78 Å². The summed E-state index contributed by atoms with van der Waals surface area (Å²) in [6.45, 7) is 0.412. The predicted molar refractivity (Wildman–Crippen MR) is 91.2 cm³/mol. The fourth-order valence-corrected chi connectivity index (χ4v) is 3.57. The van der Waals surface area contributed by atoms with Crippen molar-refractivity contribution >= 4 is 15.7 Å². The van der Waals surface area contributed by atoms with Crippen LogP contribution in [-0.4, -0.2) is 24.5 Å². The molecule has 1 aliphatic heterocycles. The molecule has 2 heterocycles. The topological polar surface area (TPSA) is 82.5 Å². The number of aromatic nitrogens is 2. The summed E-state index contributed by atoms with van der Waals surface area (Å²) in [7, 11) is -3.95. The van der Waals surface area contributed by atoms with E-state index in [-0.39, 0.29) is 22.1 Å². The Hall–Kier alpha value is -3.14. The molecule has 3 aromatic rings. The lowest BCUT2D eigenvalue weighted by atomic mass is 10.2. The Morgan fingerprint density at radius 2 is 1.81 bits per heavy atom. The van der Waals surface area contributed by atoms with Crippen LogP contribution in [0.4, 0.5) is 14.5 Å². The minimum absolute atomic E-state index is 0.0542. The third-order valence-corrected chi connectivity index (χ3v) is 5.10. The standard InChI is InChI=1S/C17H13F2N3O4S/c18-17(19)25-15-7-6-13(8-16(15)26-17)21-27(23,24)14-9-20-22(11-14)10-12-4-2-1-3-5-12/h1-9,11,21H,10H2. The Bertz CT molecular complexity index is 1080. The van der Waals surface area contributed by atoms with E-state index in [0.717, 1.165) is 11.6 Å². The number of fused-ring (bicyclic) bond motifs is 1. The van der Waals surface area contributed by atoms with Crippen LogP contribution in [0.5, 0.6) is 11.5 Å². The summed E-state index contributed by atoms with van der Waals surface area (Å²) in [5, 5.41) is 4.05. The van der Waals surface area contributed by atoms with E-state index in [2.05, 4.69) is 19.3 Å². The molecule has 1 N–H and O–H groups in total. The summed E-state index contributed by atoms with van der Waals surface area (Å²) in [6, 6.07) is 13.1. The Kier molecular flexibility index (Phi) is 3.99. The smallest absolute Gasteiger partial charge is 0.395 e. The van der Waals surface area contributed by atoms with E-state index in [1.807, 2.05) is 30.3 Å². The molecule has 10 heteroatoms. The fraction of sp³-hybridized carbons (Fsp3) is 0.118. The van der Waals surface area contributed by atoms with Crippen molar-refractivity contribution in [1.82, 2.24) is 9.78 Å². The lowest BCUT2D eigenvalue weighted by molar-refractivity contribution is -0.286. The third kappa shape index (κ3) is 3.70. The zero-order chi connectivity index (χ0) is 19.1. The predicted octanol–water partition coefficient (Wildman–Crippen LogP) is 3.05. The normalized spacial score (nSPS) is 14.9. The molecule has 0 radical (unpaired) electrons. The summed E-state index contributed by atoms with van der Waals surface area (Å²) in [4.78, 5) is -0.0542. The van der Waals surface area contributed by atoms with E-state index in [4.69, 9.17) is 0 Å². The summed E-state index contributed by atoms with van der Waals surface area (Å²) < 4.78 is 63.5. The van der Waals surface area contributed by atoms with Crippen molar-refractivity contribution in [3.05, 3.63) is 66.5 Å². The Morgan fingerprint density at radius 1 is 1.07 bits per heavy atom. The van der Waals surface area contributed by atoms with E-state index < -0.39 is 16.3 Å². The van der Waals surface area contributed by atoms with Gasteiger partial charge < -0.3 is 9.47 Å². The quantitative estimate of drug-likeness (QED) is 0.721. The van der Waals surface area contributed by atoms with Crippen molar-refractivity contribution in [2.45, 2.75) is 17.7 Å². The van der Waals surface area contributed by atoms with Gasteiger partial charge in [0.05, 0.1) is 18.4 Å². The number of hydrogen-bond donors (Lipinski definition) is 1. The van der Waals surface area contributed by atoms with Crippen LogP contribution in [0.1, 0.15) is 5.56 Å². The Morgan fingerprint density at radius 3 is 2.59 bits per heavy atom. The number of nitrogens with one attached hydrogen (secondary N) is 1. The van der Waals surface area contributed by atoms with Gasteiger partial charge in [-0.05, 0) is 17.7 Å². The number of hydrogen-bond acceptors (Lipinski definition) is 5. The maximum absolute atomic E-state index is 13.1. The van der Waals surface area contributed by atoms with Gasteiger partial charge in [0, 0.05) is 12.3 Å². The van der Waals surface area contributed by atoms with Crippen LogP contribution >= 0.6 is 0 Å². The molecule has 1 aliphatic rings. The first-order valence-corrected chi connectivity index (χ1v) is 9.28. The summed E-state index contributed by atoms with van der Waals surface area (Å²) in [5.74, 6) is -0.418. The number of benzene rings is 2. The summed E-state index contributed by atoms with van der Waals surface area (Å²) in [5.41, 5.74) is 1.03. The summed E-state index contributed by atoms with van der Waals surface area (Å²) in [6.07, 6.45) is -1.17. The van der Waals surface area contributed by atoms with Crippen molar-refractivity contribution in [3.8, 4) is 11.5 Å². The van der Waals surface area contributed by atoms with Crippen molar-refractivity contribution in [2.24, 2.45) is 0 Å². The van der Waals surface area contributed by atoms with E-state index in [0.29, 0.717) is 6.54 Å². The molecule has 0 spiro atoms. The highest BCUT2D eigenvalue weighted by Crippen LogP contribution is 2.42. The lowest BCUT2D eigenvalue weighted by Gasteiger charge is -2.07. The number of rotatable bonds is 5. The van der Waals surface area contributed by atoms with Crippen LogP contribution in [0.3, 0.4) is 0 Å². The third-order valence-electron chi connectivity index (χ3n) is 3.76. The molecule has 27 heavy (non-hydrogen) atoms. The van der Waals surface area contributed by atoms with Gasteiger partial charge in [0.25, 0.3) is 10.0 Å². The maximum atomic E-state index is 13.1. The molecule has 0 fully saturated rings. The lowest BCUT2D eigenvalue weighted by Crippen LogP contribution is -2.25. The monoisotopic (exact) mass is 393 g/mol. The SMILES string of the molecule is O=S(=O)(Nc1ccc2c(c1)OC(F)(F)O2)c1cnn(Cc2ccccc2)c1. The molecule has 0 amide bonds. The molecule has 140 valence electrons. The molecule has 0 bridgehead atoms. The maximum Gasteiger partial charge on any atom is 0.586 e. The zero-order valence-electron chi connectivity index (χ0n) is 13.7. The van der Waals surface area contributed by atoms with Crippen LogP contribution < -0.4 is 14.2 Å². The van der Waals surface area contributed by atoms with Crippen LogP contribution in [0.15, 0.2) is 65.8 Å². The van der Waals surface area contributed by atoms with Crippen LogP contribution in [-0.2, 0) is 16.6 Å². The second kappa shape index (κ2) is 6.23. The average molecular weight is 393 g/mol. The highest BCUT2D eigenvalue weighted by atomic mass is 32.2. The second-order valence-electron chi connectivity index (χ2n) is 5.79. The number of alkyl halides is 2. The molecule has 2 aromatic carbocycles. The van der Waals surface area contributed by atoms with Gasteiger partial charge in [-0.2, -0.15) is 5.10 Å². The first kappa shape index (κ1) is 17.3. The molecule has 0 saturated heterocycles. The molecule has 0 aliphatic carbocycles. The highest BCUT2D eigenvalue weighted by Gasteiger charge is 2.43. The minimum atomic E-state index is -3.95. The van der Waals surface area contributed by atoms with Crippen LogP contribution in [0.2, 0.25) is 0 Å². The van der Waals surface area contributed by atoms with Gasteiger partial charge in [-0.25, -0.2) is 8.42 Å². The van der Waals surface area contributed by atoms with Gasteiger partial charge in [-0.1, -0.05) is 30.3 Å². The highest BCUT2D eigenvalue weighted by molar-refractivity contribution is 7.92. The largest absolute Gasteiger partial charge is 0.586 e. The zero-order valence-corrected chi connectivity index (χ0v) is 14.5. The molecule has 0 atom stereocenters. The van der Waals surface area contributed by atoms with Crippen molar-refractivity contribution < 1.29 is 26.7 Å². The Labute approximate surface area is 153 Å².